The van der Waals surface area contributed by atoms with Crippen molar-refractivity contribution in [3.8, 4) is 39.6 Å². The molecule has 7 heteroatoms. The Morgan fingerprint density at radius 3 is 1.51 bits per heavy atom. The molecule has 0 amide bonds. The Morgan fingerprint density at radius 2 is 0.953 bits per heavy atom. The maximum Gasteiger partial charge on any atom is 0.229 e. The molecule has 4 heterocycles. The molecular formula is C79H83N5O2. The van der Waals surface area contributed by atoms with E-state index in [-0.39, 0.29) is 32.5 Å². The first-order valence-corrected chi connectivity index (χ1v) is 30.6. The molecule has 0 N–H and O–H groups in total. The van der Waals surface area contributed by atoms with Gasteiger partial charge in [0.15, 0.2) is 0 Å². The highest BCUT2D eigenvalue weighted by Crippen LogP contribution is 2.54. The van der Waals surface area contributed by atoms with Gasteiger partial charge in [0, 0.05) is 51.3 Å². The molecular weight excluding hydrogens is 1050 g/mol. The third-order valence-corrected chi connectivity index (χ3v) is 17.6. The molecule has 12 rings (SSSR count). The second-order valence-corrected chi connectivity index (χ2v) is 30.2. The van der Waals surface area contributed by atoms with Gasteiger partial charge < -0.3 is 19.0 Å². The van der Waals surface area contributed by atoms with Gasteiger partial charge in [-0.25, -0.2) is 9.83 Å². The van der Waals surface area contributed by atoms with Crippen LogP contribution in [-0.4, -0.2) is 16.2 Å². The summed E-state index contributed by atoms with van der Waals surface area (Å²) in [4.78, 5) is 13.9. The molecule has 8 aromatic carbocycles. The minimum Gasteiger partial charge on any atom is -0.466 e. The van der Waals surface area contributed by atoms with Crippen LogP contribution in [0.1, 0.15) is 158 Å². The van der Waals surface area contributed by atoms with Gasteiger partial charge in [0.2, 0.25) is 5.69 Å². The van der Waals surface area contributed by atoms with E-state index < -0.39 is 0 Å². The summed E-state index contributed by atoms with van der Waals surface area (Å²) in [6.45, 7) is 50.3. The van der Waals surface area contributed by atoms with E-state index >= 15 is 0 Å². The Hall–Kier alpha value is -8.60. The Bertz CT molecular complexity index is 4400. The topological polar surface area (TPSA) is 51.0 Å². The molecule has 0 spiro atoms. The molecule has 1 aliphatic rings. The van der Waals surface area contributed by atoms with Crippen LogP contribution in [0.3, 0.4) is 0 Å². The van der Waals surface area contributed by atoms with Crippen molar-refractivity contribution in [3.63, 3.8) is 0 Å². The predicted molar refractivity (Wildman–Crippen MR) is 364 cm³/mol. The van der Waals surface area contributed by atoms with Gasteiger partial charge >= 0.3 is 0 Å². The first kappa shape index (κ1) is 57.8. The maximum atomic E-state index is 7.95. The smallest absolute Gasteiger partial charge is 0.229 e. The highest BCUT2D eigenvalue weighted by atomic mass is 16.5. The summed E-state index contributed by atoms with van der Waals surface area (Å²) in [6, 6.07) is 57.9. The minimum absolute atomic E-state index is 0.0835. The molecule has 1 aliphatic heterocycles. The number of benzene rings is 8. The van der Waals surface area contributed by atoms with E-state index in [1.165, 1.54) is 61.3 Å². The number of ether oxygens (including phenoxy) is 1. The van der Waals surface area contributed by atoms with E-state index in [4.69, 9.17) is 20.7 Å². The van der Waals surface area contributed by atoms with Crippen molar-refractivity contribution in [2.24, 2.45) is 0 Å². The third-order valence-electron chi connectivity index (χ3n) is 17.6. The fourth-order valence-electron chi connectivity index (χ4n) is 12.3. The summed E-state index contributed by atoms with van der Waals surface area (Å²) in [5, 5.41) is 3.86. The molecule has 3 aromatic heterocycles. The van der Waals surface area contributed by atoms with Gasteiger partial charge in [0.1, 0.15) is 35.2 Å². The number of hydrogen-bond donors (Lipinski definition) is 0. The van der Waals surface area contributed by atoms with Crippen molar-refractivity contribution in [2.75, 3.05) is 16.5 Å². The zero-order valence-corrected chi connectivity index (χ0v) is 53.8. The summed E-state index contributed by atoms with van der Waals surface area (Å²) in [5.41, 5.74) is 20.3. The van der Waals surface area contributed by atoms with Gasteiger partial charge in [-0.3, -0.25) is 4.57 Å². The minimum atomic E-state index is -0.152. The number of aromatic nitrogens is 2. The Kier molecular flexibility index (Phi) is 13.6. The number of furan rings is 1. The second-order valence-electron chi connectivity index (χ2n) is 30.2. The summed E-state index contributed by atoms with van der Waals surface area (Å²) in [6.07, 6.45) is 1.90. The maximum absolute atomic E-state index is 7.95. The molecule has 86 heavy (non-hydrogen) atoms. The Labute approximate surface area is 510 Å². The van der Waals surface area contributed by atoms with Gasteiger partial charge in [-0.2, -0.15) is 0 Å². The molecule has 436 valence electrons. The van der Waals surface area contributed by atoms with Gasteiger partial charge in [0.25, 0.3) is 0 Å². The lowest BCUT2D eigenvalue weighted by Gasteiger charge is -2.32. The lowest BCUT2D eigenvalue weighted by Crippen LogP contribution is -2.25. The van der Waals surface area contributed by atoms with Crippen molar-refractivity contribution in [3.05, 3.63) is 209 Å². The molecule has 0 saturated carbocycles. The quantitative estimate of drug-likeness (QED) is 0.149. The first-order chi connectivity index (χ1) is 40.3. The van der Waals surface area contributed by atoms with Crippen LogP contribution in [0.2, 0.25) is 0 Å². The van der Waals surface area contributed by atoms with Crippen LogP contribution in [0.25, 0.3) is 76.7 Å². The Morgan fingerprint density at radius 1 is 0.442 bits per heavy atom. The number of nitrogens with zero attached hydrogens (tertiary/aromatic N) is 5. The number of fused-ring (bicyclic) bond motifs is 8. The van der Waals surface area contributed by atoms with Crippen LogP contribution in [0.5, 0.6) is 11.5 Å². The lowest BCUT2D eigenvalue weighted by molar-refractivity contribution is 0.483. The van der Waals surface area contributed by atoms with E-state index in [0.717, 1.165) is 66.8 Å². The molecule has 0 saturated heterocycles. The molecule has 11 aromatic rings. The fraction of sp³-hybridized carbons (Fsp3) is 0.316. The lowest BCUT2D eigenvalue weighted by atomic mass is 9.76. The Balaban J connectivity index is 1.02. The number of rotatable bonds is 7. The van der Waals surface area contributed by atoms with E-state index in [9.17, 15) is 0 Å². The van der Waals surface area contributed by atoms with Crippen LogP contribution in [0.4, 0.5) is 28.4 Å². The largest absolute Gasteiger partial charge is 0.466 e. The van der Waals surface area contributed by atoms with Gasteiger partial charge in [-0.15, -0.1) is 0 Å². The van der Waals surface area contributed by atoms with Gasteiger partial charge in [-0.1, -0.05) is 197 Å². The third kappa shape index (κ3) is 10.4. The van der Waals surface area contributed by atoms with E-state index in [0.29, 0.717) is 23.7 Å². The van der Waals surface area contributed by atoms with Crippen LogP contribution >= 0.6 is 0 Å². The normalized spacial score (nSPS) is 13.6. The van der Waals surface area contributed by atoms with Crippen LogP contribution in [0.15, 0.2) is 168 Å². The number of hydrogen-bond acceptors (Lipinski definition) is 5. The van der Waals surface area contributed by atoms with Gasteiger partial charge in [0.05, 0.1) is 40.1 Å². The number of anilines is 4. The second kappa shape index (κ2) is 20.3. The fourth-order valence-corrected chi connectivity index (χ4v) is 12.3. The molecule has 0 bridgehead atoms. The molecule has 7 nitrogen and oxygen atoms in total. The predicted octanol–water partition coefficient (Wildman–Crippen LogP) is 22.8. The van der Waals surface area contributed by atoms with Gasteiger partial charge in [-0.05, 0) is 150 Å². The highest BCUT2D eigenvalue weighted by molar-refractivity contribution is 6.24. The summed E-state index contributed by atoms with van der Waals surface area (Å²) < 4.78 is 16.0. The summed E-state index contributed by atoms with van der Waals surface area (Å²) >= 11 is 0. The van der Waals surface area contributed by atoms with Crippen LogP contribution in [0, 0.1) is 6.57 Å². The summed E-state index contributed by atoms with van der Waals surface area (Å²) in [7, 11) is 0. The number of para-hydroxylation sites is 3. The van der Waals surface area contributed by atoms with E-state index in [1.807, 2.05) is 24.4 Å². The first-order valence-electron chi connectivity index (χ1n) is 30.6. The van der Waals surface area contributed by atoms with Crippen LogP contribution in [-0.2, 0) is 32.5 Å². The SMILES string of the molecule is [C-]#[N+]c1cccc2c1oc1c2ccc2c1c1ccc(Oc3cccc(N4CN(c5c(-c6cc(C(C)(C)C)cc(C(C)(C)C)c6)cc(C(C)(C)C)cc5-c5cc(C(C)(C)C)cc(C(C)(C)C)c5)c5ccccc54)c3)cc1n2-c1cc(C(C)(C)C)ccn1. The highest BCUT2D eigenvalue weighted by Gasteiger charge is 2.35. The average molecular weight is 1130 g/mol. The zero-order valence-electron chi connectivity index (χ0n) is 53.8. The van der Waals surface area contributed by atoms with E-state index in [1.54, 1.807) is 0 Å². The standard InChI is InChI=1S/C79H83N5O2/c1-74(2,3)50-34-35-81-69(44-50)84-67-33-32-60-59-26-23-27-64(80-19)72(59)86-73(60)70(67)61-31-30-58(46-68(61)84)85-57-25-22-24-56(45-57)82-47-83(66-29-21-20-28-65(66)82)71-62(48-36-51(75(4,5)6)40-52(37-48)76(7,8)9)42-55(79(16,17)18)43-63(71)49-38-53(77(10,11)12)41-54(39-49)78(13,14)15/h20-46H,47H2,1-18H3. The monoisotopic (exact) mass is 1130 g/mol. The van der Waals surface area contributed by atoms with Crippen molar-refractivity contribution in [2.45, 2.75) is 157 Å². The number of pyridine rings is 1. The van der Waals surface area contributed by atoms with Crippen molar-refractivity contribution >= 4 is 72.2 Å². The molecule has 0 radical (unpaired) electrons. The van der Waals surface area contributed by atoms with Crippen molar-refractivity contribution in [1.29, 1.82) is 0 Å². The van der Waals surface area contributed by atoms with Crippen molar-refractivity contribution < 1.29 is 9.15 Å². The molecule has 0 atom stereocenters. The zero-order chi connectivity index (χ0) is 61.4. The van der Waals surface area contributed by atoms with Crippen LogP contribution < -0.4 is 14.5 Å². The summed E-state index contributed by atoms with van der Waals surface area (Å²) in [5.74, 6) is 2.22. The molecule has 0 aliphatic carbocycles. The van der Waals surface area contributed by atoms with Crippen molar-refractivity contribution in [1.82, 2.24) is 9.55 Å². The molecule has 0 unspecified atom stereocenters. The average Bonchev–Trinajstić information content (AvgIpc) is 1.55. The molecule has 0 fully saturated rings. The van der Waals surface area contributed by atoms with E-state index in [2.05, 4.69) is 283 Å².